The molecular formula is C18H33N5O2S. The second-order valence-corrected chi connectivity index (χ2v) is 9.48. The van der Waals surface area contributed by atoms with E-state index in [1.807, 2.05) is 0 Å². The van der Waals surface area contributed by atoms with Gasteiger partial charge in [-0.2, -0.15) is 0 Å². The fourth-order valence-corrected chi connectivity index (χ4v) is 4.66. The molecule has 3 N–H and O–H groups in total. The van der Waals surface area contributed by atoms with E-state index in [-0.39, 0.29) is 4.90 Å². The van der Waals surface area contributed by atoms with Crippen LogP contribution in [0.25, 0.3) is 0 Å². The molecule has 1 saturated carbocycles. The van der Waals surface area contributed by atoms with Crippen LogP contribution in [0.3, 0.4) is 0 Å². The summed E-state index contributed by atoms with van der Waals surface area (Å²) in [6.07, 6.45) is 8.38. The molecule has 7 nitrogen and oxygen atoms in total. The molecule has 1 aromatic rings. The van der Waals surface area contributed by atoms with Gasteiger partial charge >= 0.3 is 0 Å². The fourth-order valence-electron chi connectivity index (χ4n) is 3.57. The molecule has 0 aromatic carbocycles. The van der Waals surface area contributed by atoms with Gasteiger partial charge in [-0.15, -0.1) is 0 Å². The van der Waals surface area contributed by atoms with Crippen molar-refractivity contribution in [2.75, 3.05) is 26.7 Å². The molecule has 26 heavy (non-hydrogen) atoms. The van der Waals surface area contributed by atoms with Gasteiger partial charge in [0, 0.05) is 46.1 Å². The lowest BCUT2D eigenvalue weighted by Gasteiger charge is -2.43. The summed E-state index contributed by atoms with van der Waals surface area (Å²) in [5.74, 6) is 1.42. The third-order valence-electron chi connectivity index (χ3n) is 4.93. The van der Waals surface area contributed by atoms with Crippen LogP contribution in [-0.4, -0.2) is 45.6 Å². The summed E-state index contributed by atoms with van der Waals surface area (Å²) in [5, 5.41) is 6.59. The Hall–Kier alpha value is -1.54. The number of nitrogens with zero attached hydrogens (tertiary/aromatic N) is 2. The largest absolute Gasteiger partial charge is 0.356 e. The Morgan fingerprint density at radius 1 is 1.31 bits per heavy atom. The zero-order valence-corrected chi connectivity index (χ0v) is 17.2. The molecule has 0 atom stereocenters. The Morgan fingerprint density at radius 2 is 2.04 bits per heavy atom. The minimum atomic E-state index is -3.46. The smallest absolute Gasteiger partial charge is 0.242 e. The maximum Gasteiger partial charge on any atom is 0.242 e. The monoisotopic (exact) mass is 383 g/mol. The first-order valence-electron chi connectivity index (χ1n) is 9.32. The van der Waals surface area contributed by atoms with Gasteiger partial charge in [-0.25, -0.2) is 13.1 Å². The molecule has 1 fully saturated rings. The van der Waals surface area contributed by atoms with E-state index in [0.717, 1.165) is 12.5 Å². The fraction of sp³-hybridized carbons (Fsp3) is 0.722. The van der Waals surface area contributed by atoms with Gasteiger partial charge in [0.25, 0.3) is 0 Å². The molecule has 1 aromatic heterocycles. The van der Waals surface area contributed by atoms with Gasteiger partial charge in [-0.3, -0.25) is 4.99 Å². The second-order valence-electron chi connectivity index (χ2n) is 7.71. The van der Waals surface area contributed by atoms with Crippen molar-refractivity contribution in [2.24, 2.45) is 23.4 Å². The van der Waals surface area contributed by atoms with Gasteiger partial charge in [-0.1, -0.05) is 20.3 Å². The first-order chi connectivity index (χ1) is 12.3. The third kappa shape index (κ3) is 5.74. The summed E-state index contributed by atoms with van der Waals surface area (Å²) in [6.45, 7) is 6.23. The average Bonchev–Trinajstić information content (AvgIpc) is 2.98. The van der Waals surface area contributed by atoms with Gasteiger partial charge in [-0.05, 0) is 36.7 Å². The molecule has 0 aliphatic heterocycles. The normalized spacial score (nSPS) is 17.2. The van der Waals surface area contributed by atoms with Crippen molar-refractivity contribution in [2.45, 2.75) is 44.4 Å². The molecule has 0 radical (unpaired) electrons. The van der Waals surface area contributed by atoms with Crippen LogP contribution >= 0.6 is 0 Å². The highest BCUT2D eigenvalue weighted by atomic mass is 32.2. The molecule has 0 amide bonds. The van der Waals surface area contributed by atoms with Crippen molar-refractivity contribution in [3.8, 4) is 0 Å². The van der Waals surface area contributed by atoms with Crippen LogP contribution in [0, 0.1) is 11.3 Å². The molecule has 0 spiro atoms. The Kier molecular flexibility index (Phi) is 7.11. The Bertz CT molecular complexity index is 705. The molecule has 1 aliphatic carbocycles. The van der Waals surface area contributed by atoms with E-state index in [9.17, 15) is 8.42 Å². The Morgan fingerprint density at radius 3 is 2.54 bits per heavy atom. The maximum absolute atomic E-state index is 12.2. The summed E-state index contributed by atoms with van der Waals surface area (Å²) in [7, 11) is 0.0724. The zero-order valence-electron chi connectivity index (χ0n) is 16.4. The predicted octanol–water partition coefficient (Wildman–Crippen LogP) is 1.68. The lowest BCUT2D eigenvalue weighted by Crippen LogP contribution is -2.48. The minimum Gasteiger partial charge on any atom is -0.356 e. The van der Waals surface area contributed by atoms with Gasteiger partial charge in [0.15, 0.2) is 5.96 Å². The predicted molar refractivity (Wildman–Crippen MR) is 106 cm³/mol. The van der Waals surface area contributed by atoms with Crippen molar-refractivity contribution < 1.29 is 8.42 Å². The van der Waals surface area contributed by atoms with Crippen molar-refractivity contribution in [1.82, 2.24) is 19.9 Å². The minimum absolute atomic E-state index is 0.281. The van der Waals surface area contributed by atoms with Crippen LogP contribution in [0.15, 0.2) is 28.3 Å². The van der Waals surface area contributed by atoms with E-state index >= 15 is 0 Å². The third-order valence-corrected chi connectivity index (χ3v) is 6.38. The number of aliphatic imine (C=N–C) groups is 1. The molecule has 0 unspecified atom stereocenters. The van der Waals surface area contributed by atoms with Gasteiger partial charge in [0.1, 0.15) is 0 Å². The highest BCUT2D eigenvalue weighted by Gasteiger charge is 2.37. The SMILES string of the molecule is CN=C(NCCNS(=O)(=O)c1ccn(C)c1)NCC1(CC(C)C)CCC1. The van der Waals surface area contributed by atoms with E-state index in [2.05, 4.69) is 34.2 Å². The summed E-state index contributed by atoms with van der Waals surface area (Å²) in [6, 6.07) is 1.59. The molecular weight excluding hydrogens is 350 g/mol. The first-order valence-corrected chi connectivity index (χ1v) is 10.8. The first kappa shape index (κ1) is 20.8. The molecule has 2 rings (SSSR count). The number of nitrogens with one attached hydrogen (secondary N) is 3. The number of hydrogen-bond acceptors (Lipinski definition) is 3. The standard InChI is InChI=1S/C18H33N5O2S/c1-15(2)12-18(7-5-8-18)14-21-17(19-3)20-9-10-22-26(24,25)16-6-11-23(4)13-16/h6,11,13,15,22H,5,7-10,12,14H2,1-4H3,(H2,19,20,21). The number of aryl methyl sites for hydroxylation is 1. The van der Waals surface area contributed by atoms with Crippen molar-refractivity contribution in [3.63, 3.8) is 0 Å². The summed E-state index contributed by atoms with van der Waals surface area (Å²) < 4.78 is 28.7. The lowest BCUT2D eigenvalue weighted by molar-refractivity contribution is 0.104. The molecule has 0 bridgehead atoms. The van der Waals surface area contributed by atoms with Crippen LogP contribution < -0.4 is 15.4 Å². The number of aromatic nitrogens is 1. The molecule has 8 heteroatoms. The van der Waals surface area contributed by atoms with Crippen molar-refractivity contribution in [1.29, 1.82) is 0 Å². The quantitative estimate of drug-likeness (QED) is 0.344. The molecule has 1 aliphatic rings. The molecule has 1 heterocycles. The van der Waals surface area contributed by atoms with Crippen LogP contribution in [0.2, 0.25) is 0 Å². The van der Waals surface area contributed by atoms with Crippen LogP contribution in [0.4, 0.5) is 0 Å². The summed E-state index contributed by atoms with van der Waals surface area (Å²) >= 11 is 0. The Labute approximate surface area is 157 Å². The highest BCUT2D eigenvalue weighted by Crippen LogP contribution is 2.45. The second kappa shape index (κ2) is 8.90. The zero-order chi connectivity index (χ0) is 19.2. The number of sulfonamides is 1. The topological polar surface area (TPSA) is 87.5 Å². The van der Waals surface area contributed by atoms with E-state index in [0.29, 0.717) is 24.4 Å². The van der Waals surface area contributed by atoms with E-state index in [4.69, 9.17) is 0 Å². The van der Waals surface area contributed by atoms with Crippen molar-refractivity contribution >= 4 is 16.0 Å². The Balaban J connectivity index is 1.74. The van der Waals surface area contributed by atoms with Gasteiger partial charge in [0.2, 0.25) is 10.0 Å². The average molecular weight is 384 g/mol. The van der Waals surface area contributed by atoms with Crippen LogP contribution in [-0.2, 0) is 17.1 Å². The van der Waals surface area contributed by atoms with Crippen LogP contribution in [0.5, 0.6) is 0 Å². The number of rotatable bonds is 9. The van der Waals surface area contributed by atoms with Crippen molar-refractivity contribution in [3.05, 3.63) is 18.5 Å². The molecule has 0 saturated heterocycles. The van der Waals surface area contributed by atoms with Crippen LogP contribution in [0.1, 0.15) is 39.5 Å². The van der Waals surface area contributed by atoms with Gasteiger partial charge < -0.3 is 15.2 Å². The maximum atomic E-state index is 12.2. The number of hydrogen-bond donors (Lipinski definition) is 3. The summed E-state index contributed by atoms with van der Waals surface area (Å²) in [5.41, 5.74) is 0.390. The van der Waals surface area contributed by atoms with E-state index in [1.165, 1.54) is 25.7 Å². The lowest BCUT2D eigenvalue weighted by atomic mass is 9.64. The van der Waals surface area contributed by atoms with E-state index in [1.54, 1.807) is 37.1 Å². The van der Waals surface area contributed by atoms with Gasteiger partial charge in [0.05, 0.1) is 4.90 Å². The van der Waals surface area contributed by atoms with E-state index < -0.39 is 10.0 Å². The summed E-state index contributed by atoms with van der Waals surface area (Å²) in [4.78, 5) is 4.52. The molecule has 148 valence electrons. The highest BCUT2D eigenvalue weighted by molar-refractivity contribution is 7.89. The number of guanidine groups is 1.